The van der Waals surface area contributed by atoms with Crippen LogP contribution in [0.15, 0.2) is 48.5 Å². The predicted octanol–water partition coefficient (Wildman–Crippen LogP) is 3.97. The molecule has 0 unspecified atom stereocenters. The number of hydrogen-bond acceptors (Lipinski definition) is 4. The summed E-state index contributed by atoms with van der Waals surface area (Å²) in [6.07, 6.45) is -0.0748. The number of amides is 2. The Morgan fingerprint density at radius 2 is 1.81 bits per heavy atom. The van der Waals surface area contributed by atoms with Gasteiger partial charge in [-0.15, -0.1) is 0 Å². The maximum absolute atomic E-state index is 12.6. The Morgan fingerprint density at radius 3 is 2.45 bits per heavy atom. The van der Waals surface area contributed by atoms with Gasteiger partial charge in [0.25, 0.3) is 0 Å². The lowest BCUT2D eigenvalue weighted by atomic mass is 10.1. The molecule has 2 aromatic rings. The summed E-state index contributed by atoms with van der Waals surface area (Å²) in [6, 6.07) is 14.7. The zero-order valence-corrected chi connectivity index (χ0v) is 18.5. The van der Waals surface area contributed by atoms with E-state index in [1.807, 2.05) is 35.2 Å². The third-order valence-corrected chi connectivity index (χ3v) is 5.68. The van der Waals surface area contributed by atoms with Crippen molar-refractivity contribution < 1.29 is 19.4 Å². The zero-order valence-electron chi connectivity index (χ0n) is 17.8. The highest BCUT2D eigenvalue weighted by Gasteiger charge is 2.31. The van der Waals surface area contributed by atoms with Crippen LogP contribution in [0.2, 0.25) is 5.02 Å². The second kappa shape index (κ2) is 10.5. The first-order chi connectivity index (χ1) is 14.8. The van der Waals surface area contributed by atoms with E-state index in [9.17, 15) is 9.59 Å². The number of urea groups is 1. The van der Waals surface area contributed by atoms with Gasteiger partial charge in [-0.2, -0.15) is 0 Å². The van der Waals surface area contributed by atoms with Gasteiger partial charge in [-0.05, 0) is 43.7 Å². The van der Waals surface area contributed by atoms with Crippen LogP contribution in [0.3, 0.4) is 0 Å². The van der Waals surface area contributed by atoms with Gasteiger partial charge in [0.15, 0.2) is 0 Å². The van der Waals surface area contributed by atoms with Crippen LogP contribution in [0.5, 0.6) is 5.75 Å². The molecule has 31 heavy (non-hydrogen) atoms. The molecule has 2 atom stereocenters. The van der Waals surface area contributed by atoms with Crippen LogP contribution < -0.4 is 10.1 Å². The topological polar surface area (TPSA) is 82.1 Å². The van der Waals surface area contributed by atoms with E-state index in [-0.39, 0.29) is 24.5 Å². The van der Waals surface area contributed by atoms with Crippen LogP contribution in [-0.4, -0.2) is 65.2 Å². The van der Waals surface area contributed by atoms with Crippen molar-refractivity contribution in [3.05, 3.63) is 59.1 Å². The molecule has 0 radical (unpaired) electrons. The Morgan fingerprint density at radius 1 is 1.13 bits per heavy atom. The molecule has 1 saturated heterocycles. The third-order valence-electron chi connectivity index (χ3n) is 5.37. The van der Waals surface area contributed by atoms with E-state index in [4.69, 9.17) is 21.4 Å². The minimum Gasteiger partial charge on any atom is -0.491 e. The second-order valence-electron chi connectivity index (χ2n) is 7.82. The summed E-state index contributed by atoms with van der Waals surface area (Å²) in [7, 11) is 0. The van der Waals surface area contributed by atoms with Crippen LogP contribution in [0.25, 0.3) is 0 Å². The molecule has 0 aromatic heterocycles. The van der Waals surface area contributed by atoms with Crippen molar-refractivity contribution in [2.24, 2.45) is 0 Å². The Hall–Kier alpha value is -2.77. The van der Waals surface area contributed by atoms with Crippen molar-refractivity contribution in [3.8, 4) is 5.75 Å². The first-order valence-electron chi connectivity index (χ1n) is 10.3. The molecule has 0 aliphatic carbocycles. The van der Waals surface area contributed by atoms with Crippen molar-refractivity contribution in [1.29, 1.82) is 0 Å². The molecule has 1 aliphatic heterocycles. The number of carboxylic acids is 1. The Bertz CT molecular complexity index is 897. The zero-order chi connectivity index (χ0) is 22.4. The molecule has 7 nitrogen and oxygen atoms in total. The molecule has 1 fully saturated rings. The molecule has 2 aromatic carbocycles. The first kappa shape index (κ1) is 22.9. The number of hydrogen-bond donors (Lipinski definition) is 2. The normalized spacial score (nSPS) is 19.1. The Kier molecular flexibility index (Phi) is 7.76. The molecule has 3 rings (SSSR count). The number of benzene rings is 2. The summed E-state index contributed by atoms with van der Waals surface area (Å²) in [5.74, 6) is -0.410. The van der Waals surface area contributed by atoms with Gasteiger partial charge in [-0.25, -0.2) is 4.79 Å². The second-order valence-corrected chi connectivity index (χ2v) is 8.23. The molecule has 8 heteroatoms. The van der Waals surface area contributed by atoms with Gasteiger partial charge in [0, 0.05) is 37.4 Å². The maximum Gasteiger partial charge on any atom is 0.321 e. The monoisotopic (exact) mass is 445 g/mol. The van der Waals surface area contributed by atoms with Gasteiger partial charge in [-0.3, -0.25) is 9.69 Å². The van der Waals surface area contributed by atoms with Crippen molar-refractivity contribution >= 4 is 29.3 Å². The number of carbonyl (C=O) groups is 2. The summed E-state index contributed by atoms with van der Waals surface area (Å²) in [5, 5.41) is 12.4. The summed E-state index contributed by atoms with van der Waals surface area (Å²) >= 11 is 6.19. The summed E-state index contributed by atoms with van der Waals surface area (Å²) in [6.45, 7) is 6.53. The van der Waals surface area contributed by atoms with Crippen LogP contribution >= 0.6 is 11.6 Å². The molecule has 1 heterocycles. The minimum absolute atomic E-state index is 0.0748. The molecule has 2 N–H and O–H groups in total. The predicted molar refractivity (Wildman–Crippen MR) is 121 cm³/mol. The number of carbonyl (C=O) groups excluding carboxylic acids is 1. The van der Waals surface area contributed by atoms with E-state index < -0.39 is 5.97 Å². The molecule has 0 bridgehead atoms. The van der Waals surface area contributed by atoms with Crippen LogP contribution in [0, 0.1) is 0 Å². The van der Waals surface area contributed by atoms with Gasteiger partial charge in [-0.1, -0.05) is 35.9 Å². The van der Waals surface area contributed by atoms with E-state index >= 15 is 0 Å². The molecular weight excluding hydrogens is 418 g/mol. The fourth-order valence-corrected chi connectivity index (χ4v) is 4.06. The average molecular weight is 446 g/mol. The number of nitrogens with one attached hydrogen (secondary N) is 1. The van der Waals surface area contributed by atoms with E-state index in [1.165, 1.54) is 0 Å². The largest absolute Gasteiger partial charge is 0.491 e. The minimum atomic E-state index is -0.898. The lowest BCUT2D eigenvalue weighted by molar-refractivity contribution is -0.136. The molecule has 166 valence electrons. The van der Waals surface area contributed by atoms with Crippen molar-refractivity contribution in [2.75, 3.05) is 31.6 Å². The Balaban J connectivity index is 1.52. The molecule has 2 amide bonds. The van der Waals surface area contributed by atoms with Crippen molar-refractivity contribution in [2.45, 2.75) is 32.4 Å². The fraction of sp³-hybridized carbons (Fsp3) is 0.391. The maximum atomic E-state index is 12.6. The van der Waals surface area contributed by atoms with E-state index in [2.05, 4.69) is 24.1 Å². The van der Waals surface area contributed by atoms with Crippen LogP contribution in [0.1, 0.15) is 19.4 Å². The molecule has 0 saturated carbocycles. The third kappa shape index (κ3) is 6.35. The quantitative estimate of drug-likeness (QED) is 0.673. The highest BCUT2D eigenvalue weighted by Crippen LogP contribution is 2.26. The van der Waals surface area contributed by atoms with E-state index in [0.717, 1.165) is 5.69 Å². The summed E-state index contributed by atoms with van der Waals surface area (Å²) in [4.78, 5) is 27.7. The van der Waals surface area contributed by atoms with Gasteiger partial charge in [0.1, 0.15) is 12.4 Å². The fourth-order valence-electron chi connectivity index (χ4n) is 3.89. The Labute approximate surface area is 187 Å². The molecule has 0 spiro atoms. The summed E-state index contributed by atoms with van der Waals surface area (Å²) < 4.78 is 5.85. The number of piperazine rings is 1. The highest BCUT2D eigenvalue weighted by atomic mass is 35.5. The summed E-state index contributed by atoms with van der Waals surface area (Å²) in [5.41, 5.74) is 1.43. The number of anilines is 1. The average Bonchev–Trinajstić information content (AvgIpc) is 2.72. The number of rotatable bonds is 7. The van der Waals surface area contributed by atoms with E-state index in [1.54, 1.807) is 18.2 Å². The van der Waals surface area contributed by atoms with Crippen LogP contribution in [0.4, 0.5) is 10.5 Å². The standard InChI is InChI=1S/C23H28ClN3O4/c1-16-14-26(23(30)25-19-6-4-3-5-7-19)15-17(2)27(16)10-11-31-21-12-18(13-22(28)29)8-9-20(21)24/h3-9,12,16-17H,10-11,13-15H2,1-2H3,(H,25,30)(H,28,29)/t16-,17+. The number of halogens is 1. The number of aliphatic carboxylic acids is 1. The first-order valence-corrected chi connectivity index (χ1v) is 10.7. The number of para-hydroxylation sites is 1. The van der Waals surface area contributed by atoms with Crippen LogP contribution in [-0.2, 0) is 11.2 Å². The number of carboxylic acid groups (broad SMARTS) is 1. The smallest absolute Gasteiger partial charge is 0.321 e. The molecular formula is C23H28ClN3O4. The van der Waals surface area contributed by atoms with Gasteiger partial charge >= 0.3 is 12.0 Å². The highest BCUT2D eigenvalue weighted by molar-refractivity contribution is 6.32. The van der Waals surface area contributed by atoms with Gasteiger partial charge < -0.3 is 20.1 Å². The molecule has 1 aliphatic rings. The number of ether oxygens (including phenoxy) is 1. The van der Waals surface area contributed by atoms with Gasteiger partial charge in [0.2, 0.25) is 0 Å². The van der Waals surface area contributed by atoms with Gasteiger partial charge in [0.05, 0.1) is 11.4 Å². The lowest BCUT2D eigenvalue weighted by Gasteiger charge is -2.44. The lowest BCUT2D eigenvalue weighted by Crippen LogP contribution is -2.59. The van der Waals surface area contributed by atoms with Crippen molar-refractivity contribution in [1.82, 2.24) is 9.80 Å². The number of nitrogens with zero attached hydrogens (tertiary/aromatic N) is 2. The van der Waals surface area contributed by atoms with E-state index in [0.29, 0.717) is 42.6 Å². The SMILES string of the molecule is C[C@@H]1CN(C(=O)Nc2ccccc2)C[C@H](C)N1CCOc1cc(CC(=O)O)ccc1Cl. The van der Waals surface area contributed by atoms with Crippen molar-refractivity contribution in [3.63, 3.8) is 0 Å².